The lowest BCUT2D eigenvalue weighted by molar-refractivity contribution is -0.116. The second-order valence-corrected chi connectivity index (χ2v) is 8.74. The molecule has 8 heteroatoms. The number of carbonyl (C=O) groups excluding carboxylic acids is 1. The molecule has 0 spiro atoms. The first-order valence-corrected chi connectivity index (χ1v) is 10.8. The van der Waals surface area contributed by atoms with Crippen LogP contribution in [0.4, 0.5) is 10.1 Å². The summed E-state index contributed by atoms with van der Waals surface area (Å²) in [5.41, 5.74) is 1.25. The standard InChI is InChI=1S/C22H18FN3O3S/c23-19-9-3-1-6-16(19)15-30(28,29)21-13-26(20-10-4-2-8-18(20)21)14-22(27)25-17-7-5-11-24-12-17/h1-13H,14-15H2,(H,25,27). The van der Waals surface area contributed by atoms with Crippen LogP contribution in [0.15, 0.2) is 84.1 Å². The molecule has 4 rings (SSSR count). The van der Waals surface area contributed by atoms with Crippen molar-refractivity contribution >= 4 is 32.3 Å². The van der Waals surface area contributed by atoms with Gasteiger partial charge in [0.25, 0.3) is 0 Å². The molecule has 6 nitrogen and oxygen atoms in total. The van der Waals surface area contributed by atoms with Gasteiger partial charge in [-0.05, 0) is 24.3 Å². The summed E-state index contributed by atoms with van der Waals surface area (Å²) in [7, 11) is -3.84. The van der Waals surface area contributed by atoms with Gasteiger partial charge in [-0.2, -0.15) is 0 Å². The number of hydrogen-bond acceptors (Lipinski definition) is 4. The van der Waals surface area contributed by atoms with Gasteiger partial charge < -0.3 is 9.88 Å². The van der Waals surface area contributed by atoms with E-state index in [2.05, 4.69) is 10.3 Å². The van der Waals surface area contributed by atoms with Crippen LogP contribution < -0.4 is 5.32 Å². The van der Waals surface area contributed by atoms with Gasteiger partial charge in [0.05, 0.1) is 22.5 Å². The number of carbonyl (C=O) groups is 1. The number of hydrogen-bond donors (Lipinski definition) is 1. The van der Waals surface area contributed by atoms with Crippen molar-refractivity contribution in [1.82, 2.24) is 9.55 Å². The van der Waals surface area contributed by atoms with Gasteiger partial charge in [-0.25, -0.2) is 12.8 Å². The zero-order valence-electron chi connectivity index (χ0n) is 15.8. The number of nitrogens with one attached hydrogen (secondary N) is 1. The number of benzene rings is 2. The molecule has 0 fully saturated rings. The molecule has 0 saturated carbocycles. The van der Waals surface area contributed by atoms with Crippen LogP contribution >= 0.6 is 0 Å². The summed E-state index contributed by atoms with van der Waals surface area (Å²) in [6.45, 7) is -0.0787. The minimum atomic E-state index is -3.84. The fraction of sp³-hybridized carbons (Fsp3) is 0.0909. The second-order valence-electron chi connectivity index (χ2n) is 6.78. The Hall–Kier alpha value is -3.52. The average molecular weight is 423 g/mol. The monoisotopic (exact) mass is 423 g/mol. The number of sulfone groups is 1. The van der Waals surface area contributed by atoms with E-state index in [1.54, 1.807) is 53.2 Å². The molecule has 152 valence electrons. The first-order chi connectivity index (χ1) is 14.4. The Morgan fingerprint density at radius 1 is 1.03 bits per heavy atom. The Morgan fingerprint density at radius 3 is 2.57 bits per heavy atom. The summed E-state index contributed by atoms with van der Waals surface area (Å²) >= 11 is 0. The summed E-state index contributed by atoms with van der Waals surface area (Å²) in [5.74, 6) is -1.35. The third-order valence-corrected chi connectivity index (χ3v) is 6.34. The summed E-state index contributed by atoms with van der Waals surface area (Å²) in [6.07, 6.45) is 4.56. The molecule has 2 aromatic heterocycles. The number of halogens is 1. The maximum Gasteiger partial charge on any atom is 0.244 e. The molecule has 0 radical (unpaired) electrons. The molecule has 4 aromatic rings. The van der Waals surface area contributed by atoms with Gasteiger partial charge in [0.15, 0.2) is 9.84 Å². The van der Waals surface area contributed by atoms with Crippen LogP contribution in [0.5, 0.6) is 0 Å². The molecule has 1 N–H and O–H groups in total. The lowest BCUT2D eigenvalue weighted by Crippen LogP contribution is -2.18. The number of fused-ring (bicyclic) bond motifs is 1. The summed E-state index contributed by atoms with van der Waals surface area (Å²) in [4.78, 5) is 16.5. The molecule has 30 heavy (non-hydrogen) atoms. The van der Waals surface area contributed by atoms with Gasteiger partial charge in [-0.15, -0.1) is 0 Å². The SMILES string of the molecule is O=C(Cn1cc(S(=O)(=O)Cc2ccccc2F)c2ccccc21)Nc1cccnc1. The third kappa shape index (κ3) is 4.08. The van der Waals surface area contributed by atoms with Crippen molar-refractivity contribution in [2.24, 2.45) is 0 Å². The molecule has 0 aliphatic heterocycles. The van der Waals surface area contributed by atoms with E-state index >= 15 is 0 Å². The molecule has 0 aliphatic rings. The molecule has 0 unspecified atom stereocenters. The van der Waals surface area contributed by atoms with Crippen LogP contribution in [0, 0.1) is 5.82 Å². The van der Waals surface area contributed by atoms with Crippen LogP contribution in [0.2, 0.25) is 0 Å². The van der Waals surface area contributed by atoms with Crippen molar-refractivity contribution in [2.75, 3.05) is 5.32 Å². The van der Waals surface area contributed by atoms with E-state index in [4.69, 9.17) is 0 Å². The fourth-order valence-electron chi connectivity index (χ4n) is 3.28. The predicted octanol–water partition coefficient (Wildman–Crippen LogP) is 3.79. The molecule has 2 aromatic carbocycles. The average Bonchev–Trinajstić information content (AvgIpc) is 3.10. The van der Waals surface area contributed by atoms with Crippen molar-refractivity contribution in [2.45, 2.75) is 17.2 Å². The van der Waals surface area contributed by atoms with Crippen LogP contribution in [-0.2, 0) is 26.9 Å². The second kappa shape index (κ2) is 8.08. The van der Waals surface area contributed by atoms with E-state index in [-0.39, 0.29) is 22.9 Å². The van der Waals surface area contributed by atoms with Gasteiger partial charge in [-0.3, -0.25) is 9.78 Å². The maximum absolute atomic E-state index is 14.0. The first kappa shape index (κ1) is 19.8. The Labute approximate surface area is 172 Å². The fourth-order valence-corrected chi connectivity index (χ4v) is 4.88. The molecule has 0 saturated heterocycles. The zero-order valence-corrected chi connectivity index (χ0v) is 16.6. The number of nitrogens with zero attached hydrogens (tertiary/aromatic N) is 2. The maximum atomic E-state index is 14.0. The van der Waals surface area contributed by atoms with Crippen LogP contribution in [0.1, 0.15) is 5.56 Å². The van der Waals surface area contributed by atoms with E-state index in [9.17, 15) is 17.6 Å². The Bertz CT molecular complexity index is 1320. The summed E-state index contributed by atoms with van der Waals surface area (Å²) < 4.78 is 41.7. The summed E-state index contributed by atoms with van der Waals surface area (Å²) in [6, 6.07) is 16.1. The van der Waals surface area contributed by atoms with Gasteiger partial charge in [0, 0.05) is 28.9 Å². The molecule has 1 amide bonds. The van der Waals surface area contributed by atoms with Gasteiger partial charge >= 0.3 is 0 Å². The smallest absolute Gasteiger partial charge is 0.244 e. The highest BCUT2D eigenvalue weighted by atomic mass is 32.2. The van der Waals surface area contributed by atoms with E-state index in [0.29, 0.717) is 16.6 Å². The highest BCUT2D eigenvalue weighted by molar-refractivity contribution is 7.90. The van der Waals surface area contributed by atoms with E-state index in [1.807, 2.05) is 0 Å². The van der Waals surface area contributed by atoms with Gasteiger partial charge in [-0.1, -0.05) is 36.4 Å². The van der Waals surface area contributed by atoms with Crippen LogP contribution in [-0.4, -0.2) is 23.9 Å². The van der Waals surface area contributed by atoms with Gasteiger partial charge in [0.2, 0.25) is 5.91 Å². The number of amides is 1. The van der Waals surface area contributed by atoms with Crippen LogP contribution in [0.25, 0.3) is 10.9 Å². The molecular formula is C22H18FN3O3S. The molecule has 0 aliphatic carbocycles. The largest absolute Gasteiger partial charge is 0.337 e. The predicted molar refractivity (Wildman–Crippen MR) is 112 cm³/mol. The van der Waals surface area contributed by atoms with E-state index in [1.165, 1.54) is 30.6 Å². The number of anilines is 1. The zero-order chi connectivity index (χ0) is 21.1. The minimum absolute atomic E-state index is 0.0653. The van der Waals surface area contributed by atoms with E-state index < -0.39 is 21.4 Å². The van der Waals surface area contributed by atoms with Crippen LogP contribution in [0.3, 0.4) is 0 Å². The molecule has 0 atom stereocenters. The lowest BCUT2D eigenvalue weighted by Gasteiger charge is -2.07. The number of aromatic nitrogens is 2. The molecular weight excluding hydrogens is 405 g/mol. The lowest BCUT2D eigenvalue weighted by atomic mass is 10.2. The number of para-hydroxylation sites is 1. The normalized spacial score (nSPS) is 11.5. The number of pyridine rings is 1. The Kier molecular flexibility index (Phi) is 5.33. The van der Waals surface area contributed by atoms with Crippen molar-refractivity contribution in [3.05, 3.63) is 90.6 Å². The van der Waals surface area contributed by atoms with Crippen molar-refractivity contribution in [3.63, 3.8) is 0 Å². The van der Waals surface area contributed by atoms with E-state index in [0.717, 1.165) is 0 Å². The Morgan fingerprint density at radius 2 is 1.80 bits per heavy atom. The van der Waals surface area contributed by atoms with Crippen molar-refractivity contribution in [1.29, 1.82) is 0 Å². The molecule has 0 bridgehead atoms. The highest BCUT2D eigenvalue weighted by Crippen LogP contribution is 2.28. The van der Waals surface area contributed by atoms with Crippen molar-refractivity contribution in [3.8, 4) is 0 Å². The minimum Gasteiger partial charge on any atom is -0.337 e. The highest BCUT2D eigenvalue weighted by Gasteiger charge is 2.23. The summed E-state index contributed by atoms with van der Waals surface area (Å²) in [5, 5.41) is 3.22. The van der Waals surface area contributed by atoms with Crippen molar-refractivity contribution < 1.29 is 17.6 Å². The first-order valence-electron chi connectivity index (χ1n) is 9.18. The quantitative estimate of drug-likeness (QED) is 0.512. The third-order valence-electron chi connectivity index (χ3n) is 4.65. The number of rotatable bonds is 6. The molecule has 2 heterocycles. The van der Waals surface area contributed by atoms with Gasteiger partial charge in [0.1, 0.15) is 12.4 Å². The topological polar surface area (TPSA) is 81.1 Å². The Balaban J connectivity index is 1.67.